The zero-order chi connectivity index (χ0) is 14.0. The van der Waals surface area contributed by atoms with Gasteiger partial charge in [0.2, 0.25) is 5.28 Å². The third-order valence-electron chi connectivity index (χ3n) is 2.06. The Labute approximate surface area is 110 Å². The average molecular weight is 293 g/mol. The monoisotopic (exact) mass is 292 g/mol. The maximum atomic E-state index is 12.5. The molecule has 0 spiro atoms. The van der Waals surface area contributed by atoms with Crippen LogP contribution in [-0.4, -0.2) is 24.7 Å². The van der Waals surface area contributed by atoms with E-state index in [4.69, 9.17) is 11.6 Å². The molecule has 19 heavy (non-hydrogen) atoms. The van der Waals surface area contributed by atoms with Gasteiger partial charge in [0.15, 0.2) is 11.5 Å². The lowest BCUT2D eigenvalue weighted by molar-refractivity contribution is -0.141. The Morgan fingerprint density at radius 1 is 1.37 bits per heavy atom. The fourth-order valence-corrected chi connectivity index (χ4v) is 1.47. The molecule has 102 valence electrons. The summed E-state index contributed by atoms with van der Waals surface area (Å²) in [4.78, 5) is 10.7. The molecule has 0 radical (unpaired) electrons. The van der Waals surface area contributed by atoms with Crippen molar-refractivity contribution in [1.82, 2.24) is 24.7 Å². The van der Waals surface area contributed by atoms with Crippen LogP contribution in [0.5, 0.6) is 0 Å². The lowest BCUT2D eigenvalue weighted by Gasteiger charge is -2.08. The number of hydrogen-bond acceptors (Lipinski definition) is 5. The minimum Gasteiger partial charge on any atom is -0.363 e. The van der Waals surface area contributed by atoms with Crippen LogP contribution < -0.4 is 5.32 Å². The Bertz CT molecular complexity index is 582. The molecule has 0 atom stereocenters. The first-order chi connectivity index (χ1) is 8.84. The zero-order valence-electron chi connectivity index (χ0n) is 9.61. The van der Waals surface area contributed by atoms with E-state index in [-0.39, 0.29) is 12.4 Å². The predicted molar refractivity (Wildman–Crippen MR) is 60.4 cm³/mol. The molecule has 0 saturated heterocycles. The second-order valence-electron chi connectivity index (χ2n) is 3.59. The van der Waals surface area contributed by atoms with Crippen LogP contribution in [0.2, 0.25) is 5.28 Å². The lowest BCUT2D eigenvalue weighted by Crippen LogP contribution is -2.11. The normalized spacial score (nSPS) is 11.6. The molecule has 0 bridgehead atoms. The number of aryl methyl sites for hydroxylation is 1. The highest BCUT2D eigenvalue weighted by atomic mass is 35.5. The van der Waals surface area contributed by atoms with E-state index < -0.39 is 17.2 Å². The SMILES string of the molecule is Cn1cnc(CNc2cc(C(F)(F)F)nc(Cl)n2)n1. The van der Waals surface area contributed by atoms with Crippen LogP contribution in [0.4, 0.5) is 19.0 Å². The van der Waals surface area contributed by atoms with Crippen LogP contribution >= 0.6 is 11.6 Å². The van der Waals surface area contributed by atoms with Gasteiger partial charge in [-0.1, -0.05) is 0 Å². The molecule has 0 aliphatic rings. The maximum Gasteiger partial charge on any atom is 0.433 e. The van der Waals surface area contributed by atoms with Gasteiger partial charge in [-0.25, -0.2) is 15.0 Å². The van der Waals surface area contributed by atoms with Crippen LogP contribution in [0.25, 0.3) is 0 Å². The van der Waals surface area contributed by atoms with Gasteiger partial charge in [-0.05, 0) is 11.6 Å². The summed E-state index contributed by atoms with van der Waals surface area (Å²) in [5, 5.41) is 6.14. The van der Waals surface area contributed by atoms with E-state index in [2.05, 4.69) is 25.4 Å². The first kappa shape index (κ1) is 13.5. The van der Waals surface area contributed by atoms with Crippen LogP contribution in [0.3, 0.4) is 0 Å². The summed E-state index contributed by atoms with van der Waals surface area (Å²) >= 11 is 5.44. The minimum atomic E-state index is -4.58. The largest absolute Gasteiger partial charge is 0.433 e. The highest BCUT2D eigenvalue weighted by Gasteiger charge is 2.33. The molecule has 0 unspecified atom stereocenters. The first-order valence-corrected chi connectivity index (χ1v) is 5.42. The van der Waals surface area contributed by atoms with E-state index in [1.54, 1.807) is 7.05 Å². The van der Waals surface area contributed by atoms with E-state index >= 15 is 0 Å². The number of alkyl halides is 3. The smallest absolute Gasteiger partial charge is 0.363 e. The molecule has 0 aliphatic carbocycles. The summed E-state index contributed by atoms with van der Waals surface area (Å²) in [5.41, 5.74) is -1.11. The molecule has 2 heterocycles. The van der Waals surface area contributed by atoms with Gasteiger partial charge in [0, 0.05) is 13.1 Å². The molecule has 2 aromatic heterocycles. The van der Waals surface area contributed by atoms with Gasteiger partial charge in [-0.2, -0.15) is 18.3 Å². The van der Waals surface area contributed by atoms with Crippen LogP contribution in [0.15, 0.2) is 12.4 Å². The minimum absolute atomic E-state index is 0.0419. The summed E-state index contributed by atoms with van der Waals surface area (Å²) in [6.07, 6.45) is -3.10. The maximum absolute atomic E-state index is 12.5. The van der Waals surface area contributed by atoms with Crippen molar-refractivity contribution < 1.29 is 13.2 Å². The van der Waals surface area contributed by atoms with Crippen molar-refractivity contribution in [1.29, 1.82) is 0 Å². The van der Waals surface area contributed by atoms with E-state index in [0.29, 0.717) is 5.82 Å². The molecule has 6 nitrogen and oxygen atoms in total. The van der Waals surface area contributed by atoms with Gasteiger partial charge < -0.3 is 5.32 Å². The van der Waals surface area contributed by atoms with E-state index in [1.165, 1.54) is 11.0 Å². The van der Waals surface area contributed by atoms with Crippen LogP contribution in [0.1, 0.15) is 11.5 Å². The number of hydrogen-bond donors (Lipinski definition) is 1. The van der Waals surface area contributed by atoms with Gasteiger partial charge in [-0.15, -0.1) is 0 Å². The van der Waals surface area contributed by atoms with Gasteiger partial charge >= 0.3 is 6.18 Å². The van der Waals surface area contributed by atoms with Crippen molar-refractivity contribution in [3.63, 3.8) is 0 Å². The summed E-state index contributed by atoms with van der Waals surface area (Å²) < 4.78 is 39.0. The molecular formula is C9H8ClF3N6. The molecule has 0 fully saturated rings. The zero-order valence-corrected chi connectivity index (χ0v) is 10.4. The Kier molecular flexibility index (Phi) is 3.56. The number of nitrogens with one attached hydrogen (secondary N) is 1. The Morgan fingerprint density at radius 3 is 2.68 bits per heavy atom. The Hall–Kier alpha value is -1.90. The summed E-state index contributed by atoms with van der Waals surface area (Å²) in [6, 6.07) is 0.773. The number of rotatable bonds is 3. The molecule has 0 aromatic carbocycles. The molecule has 1 N–H and O–H groups in total. The molecule has 0 aliphatic heterocycles. The van der Waals surface area contributed by atoms with E-state index in [0.717, 1.165) is 6.07 Å². The quantitative estimate of drug-likeness (QED) is 0.875. The van der Waals surface area contributed by atoms with Crippen molar-refractivity contribution in [2.45, 2.75) is 12.7 Å². The summed E-state index contributed by atoms with van der Waals surface area (Å²) in [6.45, 7) is 0.130. The number of nitrogens with zero attached hydrogens (tertiary/aromatic N) is 5. The predicted octanol–water partition coefficient (Wildman–Crippen LogP) is 1.89. The molecular weight excluding hydrogens is 285 g/mol. The lowest BCUT2D eigenvalue weighted by atomic mass is 10.4. The van der Waals surface area contributed by atoms with Gasteiger partial charge in [0.1, 0.15) is 12.1 Å². The van der Waals surface area contributed by atoms with E-state index in [9.17, 15) is 13.2 Å². The molecule has 2 aromatic rings. The first-order valence-electron chi connectivity index (χ1n) is 5.05. The Balaban J connectivity index is 2.14. The molecule has 0 amide bonds. The topological polar surface area (TPSA) is 68.5 Å². The van der Waals surface area contributed by atoms with Crippen LogP contribution in [0, 0.1) is 0 Å². The van der Waals surface area contributed by atoms with Crippen molar-refractivity contribution in [3.05, 3.63) is 29.2 Å². The summed E-state index contributed by atoms with van der Waals surface area (Å²) in [5.74, 6) is 0.380. The highest BCUT2D eigenvalue weighted by molar-refractivity contribution is 6.28. The van der Waals surface area contributed by atoms with Gasteiger partial charge in [-0.3, -0.25) is 4.68 Å². The fraction of sp³-hybridized carbons (Fsp3) is 0.333. The standard InChI is InChI=1S/C9H8ClF3N6/c1-19-4-15-7(18-19)3-14-6-2-5(9(11,12)13)16-8(10)17-6/h2,4H,3H2,1H3,(H,14,16,17). The fourth-order valence-electron chi connectivity index (χ4n) is 1.29. The van der Waals surface area contributed by atoms with Crippen LogP contribution in [-0.2, 0) is 19.8 Å². The molecule has 2 rings (SSSR count). The summed E-state index contributed by atoms with van der Waals surface area (Å²) in [7, 11) is 1.68. The van der Waals surface area contributed by atoms with Crippen molar-refractivity contribution in [2.75, 3.05) is 5.32 Å². The molecule has 10 heteroatoms. The third-order valence-corrected chi connectivity index (χ3v) is 2.23. The molecule has 0 saturated carbocycles. The third kappa shape index (κ3) is 3.53. The van der Waals surface area contributed by atoms with Crippen molar-refractivity contribution in [2.24, 2.45) is 7.05 Å². The second-order valence-corrected chi connectivity index (χ2v) is 3.93. The van der Waals surface area contributed by atoms with Gasteiger partial charge in [0.25, 0.3) is 0 Å². The number of halogens is 4. The number of aromatic nitrogens is 5. The average Bonchev–Trinajstić information content (AvgIpc) is 2.71. The Morgan fingerprint density at radius 2 is 2.11 bits per heavy atom. The second kappa shape index (κ2) is 5.00. The van der Waals surface area contributed by atoms with Crippen molar-refractivity contribution >= 4 is 17.4 Å². The highest BCUT2D eigenvalue weighted by Crippen LogP contribution is 2.29. The van der Waals surface area contributed by atoms with Gasteiger partial charge in [0.05, 0.1) is 6.54 Å². The van der Waals surface area contributed by atoms with Crippen molar-refractivity contribution in [3.8, 4) is 0 Å². The number of anilines is 1. The van der Waals surface area contributed by atoms with E-state index in [1.807, 2.05) is 0 Å².